The number of benzene rings is 2. The first-order valence-corrected chi connectivity index (χ1v) is 13.8. The fourth-order valence-corrected chi connectivity index (χ4v) is 5.00. The van der Waals surface area contributed by atoms with Crippen molar-refractivity contribution >= 4 is 22.7 Å². The molecule has 3 aromatic rings. The quantitative estimate of drug-likeness (QED) is 0.233. The minimum absolute atomic E-state index is 0.0901. The molecule has 8 nitrogen and oxygen atoms in total. The molecule has 2 atom stereocenters. The summed E-state index contributed by atoms with van der Waals surface area (Å²) in [6, 6.07) is 8.77. The van der Waals surface area contributed by atoms with E-state index in [-0.39, 0.29) is 24.2 Å². The molecule has 2 amide bonds. The summed E-state index contributed by atoms with van der Waals surface area (Å²) in [5.41, 5.74) is 2.10. The number of amides is 2. The Morgan fingerprint density at radius 3 is 2.60 bits per heavy atom. The molecule has 0 spiro atoms. The van der Waals surface area contributed by atoms with Gasteiger partial charge in [0.1, 0.15) is 17.7 Å². The number of unbranched alkanes of at least 4 members (excludes halogenated alkanes) is 3. The second kappa shape index (κ2) is 13.4. The maximum atomic E-state index is 13.6. The number of hydrogen-bond acceptors (Lipinski definition) is 6. The fourth-order valence-electron chi connectivity index (χ4n) is 5.00. The number of aromatic nitrogens is 2. The number of allylic oxidation sites excluding steroid dienone is 2. The third kappa shape index (κ3) is 6.76. The van der Waals surface area contributed by atoms with Gasteiger partial charge in [-0.2, -0.15) is 4.98 Å². The van der Waals surface area contributed by atoms with E-state index < -0.39 is 12.1 Å². The topological polar surface area (TPSA) is 93.7 Å². The molecule has 0 saturated carbocycles. The molecule has 40 heavy (non-hydrogen) atoms. The van der Waals surface area contributed by atoms with Gasteiger partial charge in [0.2, 0.25) is 5.88 Å². The molecular formula is C31H37FN4O4. The average Bonchev–Trinajstić information content (AvgIpc) is 3.37. The normalized spacial score (nSPS) is 17.0. The lowest BCUT2D eigenvalue weighted by Gasteiger charge is -2.22. The zero-order chi connectivity index (χ0) is 28.6. The predicted octanol–water partition coefficient (Wildman–Crippen LogP) is 6.01. The van der Waals surface area contributed by atoms with Crippen LogP contribution in [0, 0.1) is 12.7 Å². The first kappa shape index (κ1) is 29.0. The van der Waals surface area contributed by atoms with E-state index in [2.05, 4.69) is 16.4 Å². The van der Waals surface area contributed by atoms with Gasteiger partial charge in [-0.25, -0.2) is 14.2 Å². The maximum Gasteiger partial charge on any atom is 0.318 e. The van der Waals surface area contributed by atoms with Crippen molar-refractivity contribution in [3.05, 3.63) is 59.9 Å². The van der Waals surface area contributed by atoms with Crippen molar-refractivity contribution in [2.24, 2.45) is 0 Å². The number of halogens is 1. The SMILES string of the molecule is C/C=C\CCCCCNC(=O)N1C[C@H](Oc2nc(-c3ccc(F)cc3)nc3c(C)c(OC)ccc23)C[C@H]1C(C)=O. The van der Waals surface area contributed by atoms with E-state index >= 15 is 0 Å². The van der Waals surface area contributed by atoms with Crippen molar-refractivity contribution in [1.82, 2.24) is 20.2 Å². The van der Waals surface area contributed by atoms with Crippen LogP contribution in [0.2, 0.25) is 0 Å². The number of likely N-dealkylation sites (tertiary alicyclic amines) is 1. The Hall–Kier alpha value is -4.01. The van der Waals surface area contributed by atoms with Crippen molar-refractivity contribution in [1.29, 1.82) is 0 Å². The number of aryl methyl sites for hydroxylation is 1. The number of carbonyl (C=O) groups is 2. The van der Waals surface area contributed by atoms with Gasteiger partial charge in [-0.1, -0.05) is 18.6 Å². The third-order valence-corrected chi connectivity index (χ3v) is 7.19. The van der Waals surface area contributed by atoms with Crippen molar-refractivity contribution in [2.45, 2.75) is 65.0 Å². The summed E-state index contributed by atoms with van der Waals surface area (Å²) in [5, 5.41) is 3.65. The van der Waals surface area contributed by atoms with E-state index in [9.17, 15) is 14.0 Å². The highest BCUT2D eigenvalue weighted by Crippen LogP contribution is 2.34. The first-order chi connectivity index (χ1) is 19.3. The standard InChI is InChI=1S/C31H37FN4O4/c1-5-6-7-8-9-10-17-33-31(38)36-19-24(18-26(36)21(3)37)40-30-25-15-16-27(39-4)20(2)28(25)34-29(35-30)22-11-13-23(32)14-12-22/h5-6,11-16,24,26H,7-10,17-19H2,1-4H3,(H,33,38)/b6-5-/t24-,26+/m1/s1. The summed E-state index contributed by atoms with van der Waals surface area (Å²) in [6.45, 7) is 6.22. The minimum Gasteiger partial charge on any atom is -0.496 e. The molecule has 1 N–H and O–H groups in total. The lowest BCUT2D eigenvalue weighted by molar-refractivity contribution is -0.120. The van der Waals surface area contributed by atoms with Gasteiger partial charge in [-0.3, -0.25) is 4.79 Å². The summed E-state index contributed by atoms with van der Waals surface area (Å²) in [4.78, 5) is 36.5. The molecule has 1 aromatic heterocycles. The van der Waals surface area contributed by atoms with Crippen molar-refractivity contribution < 1.29 is 23.5 Å². The lowest BCUT2D eigenvalue weighted by Crippen LogP contribution is -2.46. The van der Waals surface area contributed by atoms with Gasteiger partial charge < -0.3 is 19.7 Å². The molecule has 2 aromatic carbocycles. The third-order valence-electron chi connectivity index (χ3n) is 7.19. The van der Waals surface area contributed by atoms with Crippen LogP contribution in [0.4, 0.5) is 9.18 Å². The summed E-state index contributed by atoms with van der Waals surface area (Å²) in [7, 11) is 1.59. The number of methoxy groups -OCH3 is 1. The van der Waals surface area contributed by atoms with Crippen LogP contribution in [0.5, 0.6) is 11.6 Å². The monoisotopic (exact) mass is 548 g/mol. The van der Waals surface area contributed by atoms with E-state index in [1.165, 1.54) is 19.1 Å². The fraction of sp³-hybridized carbons (Fsp3) is 0.419. The van der Waals surface area contributed by atoms with Crippen molar-refractivity contribution in [3.63, 3.8) is 0 Å². The molecule has 212 valence electrons. The van der Waals surface area contributed by atoms with Crippen LogP contribution >= 0.6 is 0 Å². The highest BCUT2D eigenvalue weighted by molar-refractivity contribution is 5.90. The molecular weight excluding hydrogens is 511 g/mol. The largest absolute Gasteiger partial charge is 0.496 e. The van der Waals surface area contributed by atoms with Crippen molar-refractivity contribution in [2.75, 3.05) is 20.2 Å². The molecule has 9 heteroatoms. The summed E-state index contributed by atoms with van der Waals surface area (Å²) in [5.74, 6) is 0.944. The number of nitrogens with one attached hydrogen (secondary N) is 1. The first-order valence-electron chi connectivity index (χ1n) is 13.8. The molecule has 1 fully saturated rings. The van der Waals surface area contributed by atoms with Crippen LogP contribution in [-0.2, 0) is 4.79 Å². The van der Waals surface area contributed by atoms with Crippen LogP contribution in [-0.4, -0.2) is 59.0 Å². The Bertz CT molecular complexity index is 1380. The zero-order valence-electron chi connectivity index (χ0n) is 23.6. The number of ether oxygens (including phenoxy) is 2. The van der Waals surface area contributed by atoms with Gasteiger partial charge in [0.15, 0.2) is 11.6 Å². The number of carbonyl (C=O) groups excluding carboxylic acids is 2. The maximum absolute atomic E-state index is 13.6. The molecule has 0 aliphatic carbocycles. The van der Waals surface area contributed by atoms with Gasteiger partial charge >= 0.3 is 6.03 Å². The van der Waals surface area contributed by atoms with Gasteiger partial charge in [-0.05, 0) is 76.4 Å². The van der Waals surface area contributed by atoms with E-state index in [4.69, 9.17) is 14.5 Å². The number of urea groups is 1. The number of Topliss-reactive ketones (excluding diaryl/α,β-unsaturated/α-hetero) is 1. The van der Waals surface area contributed by atoms with E-state index in [0.29, 0.717) is 46.9 Å². The second-order valence-corrected chi connectivity index (χ2v) is 10.1. The smallest absolute Gasteiger partial charge is 0.318 e. The van der Waals surface area contributed by atoms with Crippen LogP contribution in [0.15, 0.2) is 48.6 Å². The Labute approximate surface area is 234 Å². The van der Waals surface area contributed by atoms with Crippen LogP contribution in [0.1, 0.15) is 51.5 Å². The molecule has 4 rings (SSSR count). The summed E-state index contributed by atoms with van der Waals surface area (Å²) in [6.07, 6.45) is 8.12. The zero-order valence-corrected chi connectivity index (χ0v) is 23.6. The van der Waals surface area contributed by atoms with Gasteiger partial charge in [0.05, 0.1) is 30.6 Å². The lowest BCUT2D eigenvalue weighted by atomic mass is 10.1. The number of fused-ring (bicyclic) bond motifs is 1. The highest BCUT2D eigenvalue weighted by Gasteiger charge is 2.39. The van der Waals surface area contributed by atoms with Gasteiger partial charge in [0, 0.05) is 24.1 Å². The molecule has 0 unspecified atom stereocenters. The minimum atomic E-state index is -0.578. The summed E-state index contributed by atoms with van der Waals surface area (Å²) < 4.78 is 25.5. The van der Waals surface area contributed by atoms with Crippen LogP contribution in [0.25, 0.3) is 22.3 Å². The van der Waals surface area contributed by atoms with Gasteiger partial charge in [-0.15, -0.1) is 0 Å². The Morgan fingerprint density at radius 1 is 1.12 bits per heavy atom. The molecule has 0 bridgehead atoms. The van der Waals surface area contributed by atoms with E-state index in [0.717, 1.165) is 31.2 Å². The number of nitrogens with zero attached hydrogens (tertiary/aromatic N) is 3. The van der Waals surface area contributed by atoms with E-state index in [1.807, 2.05) is 32.1 Å². The average molecular weight is 549 g/mol. The molecule has 1 aliphatic rings. The Balaban J connectivity index is 1.55. The van der Waals surface area contributed by atoms with E-state index in [1.54, 1.807) is 24.1 Å². The highest BCUT2D eigenvalue weighted by atomic mass is 19.1. The molecule has 0 radical (unpaired) electrons. The summed E-state index contributed by atoms with van der Waals surface area (Å²) >= 11 is 0. The Kier molecular flexibility index (Phi) is 9.69. The predicted molar refractivity (Wildman–Crippen MR) is 153 cm³/mol. The number of hydrogen-bond donors (Lipinski definition) is 1. The van der Waals surface area contributed by atoms with Crippen LogP contribution < -0.4 is 14.8 Å². The Morgan fingerprint density at radius 2 is 1.90 bits per heavy atom. The molecule has 1 saturated heterocycles. The van der Waals surface area contributed by atoms with Gasteiger partial charge in [0.25, 0.3) is 0 Å². The second-order valence-electron chi connectivity index (χ2n) is 10.1. The molecule has 2 heterocycles. The van der Waals surface area contributed by atoms with Crippen LogP contribution in [0.3, 0.4) is 0 Å². The number of ketones is 1. The van der Waals surface area contributed by atoms with Crippen molar-refractivity contribution in [3.8, 4) is 23.0 Å². The molecule has 1 aliphatic heterocycles. The number of rotatable bonds is 11.